The van der Waals surface area contributed by atoms with E-state index in [1.807, 2.05) is 54.6 Å². The van der Waals surface area contributed by atoms with Gasteiger partial charge in [-0.25, -0.2) is 14.8 Å². The average molecular weight is 386 g/mol. The summed E-state index contributed by atoms with van der Waals surface area (Å²) in [6, 6.07) is 18.8. The molecule has 4 aromatic rings. The lowest BCUT2D eigenvalue weighted by Crippen LogP contribution is -2.10. The zero-order chi connectivity index (χ0) is 20.1. The number of carbonyl (C=O) groups is 1. The molecule has 0 bridgehead atoms. The summed E-state index contributed by atoms with van der Waals surface area (Å²) in [7, 11) is 0. The van der Waals surface area contributed by atoms with Crippen molar-refractivity contribution in [2.45, 2.75) is 6.92 Å². The van der Waals surface area contributed by atoms with E-state index in [1.165, 1.54) is 6.20 Å². The third kappa shape index (κ3) is 4.30. The number of benzene rings is 2. The molecule has 1 N–H and O–H groups in total. The predicted molar refractivity (Wildman–Crippen MR) is 110 cm³/mol. The van der Waals surface area contributed by atoms with E-state index in [1.54, 1.807) is 19.2 Å². The Hall–Kier alpha value is -4.00. The zero-order valence-electron chi connectivity index (χ0n) is 15.7. The number of esters is 1. The Balaban J connectivity index is 1.55. The predicted octanol–water partition coefficient (Wildman–Crippen LogP) is 4.74. The van der Waals surface area contributed by atoms with E-state index in [4.69, 9.17) is 9.47 Å². The van der Waals surface area contributed by atoms with Crippen molar-refractivity contribution >= 4 is 28.4 Å². The summed E-state index contributed by atoms with van der Waals surface area (Å²) in [5.41, 5.74) is 1.63. The Labute approximate surface area is 167 Å². The summed E-state index contributed by atoms with van der Waals surface area (Å²) in [6.07, 6.45) is 3.22. The Morgan fingerprint density at radius 3 is 2.76 bits per heavy atom. The van der Waals surface area contributed by atoms with E-state index >= 15 is 0 Å². The molecule has 7 heteroatoms. The smallest absolute Gasteiger partial charge is 0.376 e. The van der Waals surface area contributed by atoms with Crippen molar-refractivity contribution in [2.24, 2.45) is 0 Å². The van der Waals surface area contributed by atoms with Gasteiger partial charge in [-0.15, -0.1) is 0 Å². The second-order valence-electron chi connectivity index (χ2n) is 6.07. The zero-order valence-corrected chi connectivity index (χ0v) is 15.7. The molecule has 0 atom stereocenters. The minimum Gasteiger partial charge on any atom is -0.460 e. The lowest BCUT2D eigenvalue weighted by molar-refractivity contribution is 0.0512. The summed E-state index contributed by atoms with van der Waals surface area (Å²) in [6.45, 7) is 2.00. The molecular weight excluding hydrogens is 368 g/mol. The molecular formula is C22H18N4O3. The highest BCUT2D eigenvalue weighted by molar-refractivity contribution is 5.86. The topological polar surface area (TPSA) is 86.2 Å². The van der Waals surface area contributed by atoms with E-state index in [0.29, 0.717) is 11.6 Å². The van der Waals surface area contributed by atoms with Crippen molar-refractivity contribution < 1.29 is 14.3 Å². The normalized spacial score (nSPS) is 10.5. The van der Waals surface area contributed by atoms with E-state index in [0.717, 1.165) is 22.3 Å². The third-order valence-corrected chi connectivity index (χ3v) is 4.06. The summed E-state index contributed by atoms with van der Waals surface area (Å²) >= 11 is 0. The van der Waals surface area contributed by atoms with Crippen LogP contribution in [-0.4, -0.2) is 27.5 Å². The highest BCUT2D eigenvalue weighted by Crippen LogP contribution is 2.30. The van der Waals surface area contributed by atoms with Gasteiger partial charge in [0.1, 0.15) is 17.3 Å². The van der Waals surface area contributed by atoms with Crippen LogP contribution in [0.5, 0.6) is 11.5 Å². The summed E-state index contributed by atoms with van der Waals surface area (Å²) in [5.74, 6) is 1.31. The number of fused-ring (bicyclic) bond motifs is 1. The Bertz CT molecular complexity index is 1160. The molecule has 0 amide bonds. The lowest BCUT2D eigenvalue weighted by Gasteiger charge is -2.11. The number of hydrogen-bond acceptors (Lipinski definition) is 7. The summed E-state index contributed by atoms with van der Waals surface area (Å²) < 4.78 is 11.0. The van der Waals surface area contributed by atoms with Gasteiger partial charge in [0.05, 0.1) is 12.1 Å². The van der Waals surface area contributed by atoms with Crippen molar-refractivity contribution in [1.82, 2.24) is 15.0 Å². The van der Waals surface area contributed by atoms with Gasteiger partial charge in [0.2, 0.25) is 5.82 Å². The van der Waals surface area contributed by atoms with Crippen LogP contribution < -0.4 is 10.1 Å². The molecule has 0 fully saturated rings. The van der Waals surface area contributed by atoms with Gasteiger partial charge in [-0.1, -0.05) is 18.2 Å². The van der Waals surface area contributed by atoms with Gasteiger partial charge in [-0.3, -0.25) is 4.98 Å². The summed E-state index contributed by atoms with van der Waals surface area (Å²) in [4.78, 5) is 24.3. The third-order valence-electron chi connectivity index (χ3n) is 4.06. The van der Waals surface area contributed by atoms with Gasteiger partial charge in [0.25, 0.3) is 0 Å². The standard InChI is InChI=1S/C22H18N4O3/c1-2-28-22(27)21-24-13-11-20(26-21)25-15-6-5-7-16(14-15)29-19-10-12-23-18-9-4-3-8-17(18)19/h3-14H,2H2,1H3,(H,24,25,26). The van der Waals surface area contributed by atoms with Crippen LogP contribution in [0.4, 0.5) is 11.5 Å². The molecule has 29 heavy (non-hydrogen) atoms. The molecule has 4 rings (SSSR count). The van der Waals surface area contributed by atoms with Crippen molar-refractivity contribution in [3.63, 3.8) is 0 Å². The number of pyridine rings is 1. The average Bonchev–Trinajstić information content (AvgIpc) is 2.75. The van der Waals surface area contributed by atoms with Gasteiger partial charge in [0.15, 0.2) is 0 Å². The van der Waals surface area contributed by atoms with Crippen LogP contribution >= 0.6 is 0 Å². The Morgan fingerprint density at radius 1 is 1.00 bits per heavy atom. The first-order chi connectivity index (χ1) is 14.2. The van der Waals surface area contributed by atoms with Crippen molar-refractivity contribution in [3.8, 4) is 11.5 Å². The fourth-order valence-electron chi connectivity index (χ4n) is 2.79. The van der Waals surface area contributed by atoms with Gasteiger partial charge in [-0.2, -0.15) is 0 Å². The fraction of sp³-hybridized carbons (Fsp3) is 0.0909. The van der Waals surface area contributed by atoms with E-state index in [9.17, 15) is 4.79 Å². The number of nitrogens with zero attached hydrogens (tertiary/aromatic N) is 3. The van der Waals surface area contributed by atoms with E-state index < -0.39 is 5.97 Å². The van der Waals surface area contributed by atoms with Crippen molar-refractivity contribution in [3.05, 3.63) is 78.9 Å². The number of hydrogen-bond donors (Lipinski definition) is 1. The number of anilines is 2. The lowest BCUT2D eigenvalue weighted by atomic mass is 10.2. The summed E-state index contributed by atoms with van der Waals surface area (Å²) in [5, 5.41) is 4.09. The second kappa shape index (κ2) is 8.35. The minimum absolute atomic E-state index is 0.00695. The first-order valence-corrected chi connectivity index (χ1v) is 9.12. The first kappa shape index (κ1) is 18.4. The SMILES string of the molecule is CCOC(=O)c1nccc(Nc2cccc(Oc3ccnc4ccccc34)c2)n1. The molecule has 144 valence electrons. The van der Waals surface area contributed by atoms with Crippen LogP contribution in [0, 0.1) is 0 Å². The van der Waals surface area contributed by atoms with Crippen LogP contribution in [-0.2, 0) is 4.74 Å². The maximum absolute atomic E-state index is 11.8. The molecule has 0 spiro atoms. The van der Waals surface area contributed by atoms with Gasteiger partial charge >= 0.3 is 5.97 Å². The number of rotatable bonds is 6. The number of carbonyl (C=O) groups excluding carboxylic acids is 1. The molecule has 0 unspecified atom stereocenters. The number of aromatic nitrogens is 3. The number of ether oxygens (including phenoxy) is 2. The van der Waals surface area contributed by atoms with Crippen LogP contribution in [0.25, 0.3) is 10.9 Å². The molecule has 2 heterocycles. The molecule has 0 saturated heterocycles. The number of nitrogens with one attached hydrogen (secondary N) is 1. The quantitative estimate of drug-likeness (QED) is 0.479. The maximum Gasteiger partial charge on any atom is 0.376 e. The van der Waals surface area contributed by atoms with Crippen LogP contribution in [0.3, 0.4) is 0 Å². The Kier molecular flexibility index (Phi) is 5.29. The Morgan fingerprint density at radius 2 is 1.86 bits per heavy atom. The van der Waals surface area contributed by atoms with Crippen LogP contribution in [0.2, 0.25) is 0 Å². The molecule has 0 saturated carbocycles. The largest absolute Gasteiger partial charge is 0.460 e. The van der Waals surface area contributed by atoms with Crippen molar-refractivity contribution in [2.75, 3.05) is 11.9 Å². The van der Waals surface area contributed by atoms with Crippen molar-refractivity contribution in [1.29, 1.82) is 0 Å². The minimum atomic E-state index is -0.558. The monoisotopic (exact) mass is 386 g/mol. The molecule has 0 aliphatic carbocycles. The van der Waals surface area contributed by atoms with Crippen LogP contribution in [0.15, 0.2) is 73.1 Å². The van der Waals surface area contributed by atoms with Gasteiger partial charge in [-0.05, 0) is 43.3 Å². The molecule has 2 aromatic carbocycles. The molecule has 0 aliphatic rings. The molecule has 0 radical (unpaired) electrons. The highest BCUT2D eigenvalue weighted by atomic mass is 16.5. The van der Waals surface area contributed by atoms with Gasteiger partial charge in [0, 0.05) is 29.5 Å². The molecule has 0 aliphatic heterocycles. The second-order valence-corrected chi connectivity index (χ2v) is 6.07. The fourth-order valence-corrected chi connectivity index (χ4v) is 2.79. The van der Waals surface area contributed by atoms with E-state index in [2.05, 4.69) is 20.3 Å². The van der Waals surface area contributed by atoms with Gasteiger partial charge < -0.3 is 14.8 Å². The first-order valence-electron chi connectivity index (χ1n) is 9.12. The highest BCUT2D eigenvalue weighted by Gasteiger charge is 2.11. The number of para-hydroxylation sites is 1. The molecule has 7 nitrogen and oxygen atoms in total. The van der Waals surface area contributed by atoms with E-state index in [-0.39, 0.29) is 12.4 Å². The van der Waals surface area contributed by atoms with Crippen LogP contribution in [0.1, 0.15) is 17.5 Å². The maximum atomic E-state index is 11.8. The molecule has 2 aromatic heterocycles.